The van der Waals surface area contributed by atoms with Crippen molar-refractivity contribution in [2.75, 3.05) is 18.6 Å². The topological polar surface area (TPSA) is 88.9 Å². The number of aromatic amines is 1. The fraction of sp³-hybridized carbons (Fsp3) is 0.290. The van der Waals surface area contributed by atoms with Crippen molar-refractivity contribution >= 4 is 23.3 Å². The Morgan fingerprint density at radius 2 is 1.77 bits per heavy atom. The van der Waals surface area contributed by atoms with E-state index in [0.29, 0.717) is 49.0 Å². The largest absolute Gasteiger partial charge is 0.492 e. The van der Waals surface area contributed by atoms with Crippen molar-refractivity contribution in [2.45, 2.75) is 45.3 Å². The Balaban J connectivity index is 1.62. The van der Waals surface area contributed by atoms with Crippen molar-refractivity contribution in [2.24, 2.45) is 0 Å². The summed E-state index contributed by atoms with van der Waals surface area (Å²) in [5, 5.41) is 8.37. The Hall–Kier alpha value is -4.74. The normalized spacial score (nSPS) is 15.1. The van der Waals surface area contributed by atoms with Crippen LogP contribution in [-0.2, 0) is 30.2 Å². The summed E-state index contributed by atoms with van der Waals surface area (Å²) in [7, 11) is 1.34. The Kier molecular flexibility index (Phi) is 7.15. The Labute approximate surface area is 244 Å². The van der Waals surface area contributed by atoms with Gasteiger partial charge in [-0.3, -0.25) is 14.5 Å². The standard InChI is InChI=1S/C31H28F4N6O2/c1-4-17-7-6-8-18(5-2)24(17)28-25-22(11-12-40(28)30-36-14-20(15-37-30)31(33,34)35)38-39-26(25)23-13-19-9-10-21(32)29(43-3)27(19)41(23)16-42/h6-10,13-16,28H,4-5,11-12H2,1-3H3,(H,38,39). The Morgan fingerprint density at radius 1 is 1.07 bits per heavy atom. The number of anilines is 1. The van der Waals surface area contributed by atoms with Crippen molar-refractivity contribution < 1.29 is 27.1 Å². The van der Waals surface area contributed by atoms with Crippen LogP contribution in [0.5, 0.6) is 5.75 Å². The minimum absolute atomic E-state index is 0.0683. The maximum Gasteiger partial charge on any atom is 0.419 e. The van der Waals surface area contributed by atoms with Crippen LogP contribution in [0.3, 0.4) is 0 Å². The number of rotatable bonds is 7. The molecule has 0 saturated heterocycles. The number of halogens is 4. The zero-order chi connectivity index (χ0) is 30.5. The zero-order valence-electron chi connectivity index (χ0n) is 23.7. The molecule has 0 spiro atoms. The highest BCUT2D eigenvalue weighted by Crippen LogP contribution is 2.45. The Morgan fingerprint density at radius 3 is 2.37 bits per heavy atom. The lowest BCUT2D eigenvalue weighted by Gasteiger charge is -2.38. The van der Waals surface area contributed by atoms with Gasteiger partial charge in [0.2, 0.25) is 12.4 Å². The van der Waals surface area contributed by atoms with E-state index in [2.05, 4.69) is 20.2 Å². The first kappa shape index (κ1) is 28.4. The number of hydrogen-bond acceptors (Lipinski definition) is 6. The minimum Gasteiger partial charge on any atom is -0.492 e. The van der Waals surface area contributed by atoms with E-state index in [0.717, 1.165) is 40.3 Å². The molecule has 5 aromatic rings. The number of ether oxygens (including phenoxy) is 1. The van der Waals surface area contributed by atoms with Gasteiger partial charge >= 0.3 is 6.18 Å². The predicted molar refractivity (Wildman–Crippen MR) is 153 cm³/mol. The van der Waals surface area contributed by atoms with Crippen molar-refractivity contribution in [3.63, 3.8) is 0 Å². The number of carbonyl (C=O) groups excluding carboxylic acids is 1. The van der Waals surface area contributed by atoms with Crippen LogP contribution in [-0.4, -0.2) is 44.8 Å². The first-order valence-corrected chi connectivity index (χ1v) is 13.9. The number of aromatic nitrogens is 5. The molecule has 43 heavy (non-hydrogen) atoms. The summed E-state index contributed by atoms with van der Waals surface area (Å²) in [4.78, 5) is 22.7. The number of methoxy groups -OCH3 is 1. The van der Waals surface area contributed by atoms with E-state index in [-0.39, 0.29) is 17.2 Å². The summed E-state index contributed by atoms with van der Waals surface area (Å²) in [6, 6.07) is 10.1. The lowest BCUT2D eigenvalue weighted by molar-refractivity contribution is -0.138. The number of hydrogen-bond donors (Lipinski definition) is 1. The molecule has 0 amide bonds. The molecule has 12 heteroatoms. The SMILES string of the molecule is CCc1cccc(CC)c1C1c2c(-c3cc4ccc(F)c(OC)c4n3C=O)n[nH]c2CCN1c1ncc(C(F)(F)F)cn1. The third-order valence-electron chi connectivity index (χ3n) is 8.07. The summed E-state index contributed by atoms with van der Waals surface area (Å²) >= 11 is 0. The molecule has 0 bridgehead atoms. The first-order valence-electron chi connectivity index (χ1n) is 13.9. The summed E-state index contributed by atoms with van der Waals surface area (Å²) < 4.78 is 61.4. The number of fused-ring (bicyclic) bond motifs is 2. The van der Waals surface area contributed by atoms with Crippen LogP contribution < -0.4 is 9.64 Å². The van der Waals surface area contributed by atoms with Crippen molar-refractivity contribution in [1.29, 1.82) is 0 Å². The van der Waals surface area contributed by atoms with Gasteiger partial charge in [0.15, 0.2) is 11.6 Å². The number of carbonyl (C=O) groups is 1. The van der Waals surface area contributed by atoms with E-state index in [1.165, 1.54) is 17.7 Å². The average molecular weight is 593 g/mol. The van der Waals surface area contributed by atoms with Gasteiger partial charge in [0.05, 0.1) is 24.4 Å². The maximum atomic E-state index is 14.7. The van der Waals surface area contributed by atoms with Gasteiger partial charge in [-0.05, 0) is 47.7 Å². The molecule has 4 heterocycles. The smallest absolute Gasteiger partial charge is 0.419 e. The molecule has 0 aliphatic carbocycles. The van der Waals surface area contributed by atoms with E-state index in [9.17, 15) is 22.4 Å². The molecule has 2 aromatic carbocycles. The van der Waals surface area contributed by atoms with Crippen molar-refractivity contribution in [3.8, 4) is 17.1 Å². The van der Waals surface area contributed by atoms with Crippen LogP contribution in [0.4, 0.5) is 23.5 Å². The van der Waals surface area contributed by atoms with Crippen LogP contribution in [0.15, 0.2) is 48.8 Å². The fourth-order valence-corrected chi connectivity index (χ4v) is 6.10. The molecule has 1 atom stereocenters. The Bertz CT molecular complexity index is 1800. The van der Waals surface area contributed by atoms with E-state index in [1.54, 1.807) is 12.1 Å². The zero-order valence-corrected chi connectivity index (χ0v) is 23.7. The van der Waals surface area contributed by atoms with Gasteiger partial charge in [-0.15, -0.1) is 0 Å². The van der Waals surface area contributed by atoms with Crippen molar-refractivity contribution in [3.05, 3.63) is 88.1 Å². The molecule has 0 saturated carbocycles. The van der Waals surface area contributed by atoms with Gasteiger partial charge < -0.3 is 9.64 Å². The van der Waals surface area contributed by atoms with E-state index < -0.39 is 23.6 Å². The van der Waals surface area contributed by atoms with Crippen LogP contribution in [0, 0.1) is 5.82 Å². The monoisotopic (exact) mass is 592 g/mol. The molecule has 8 nitrogen and oxygen atoms in total. The number of nitrogens with zero attached hydrogens (tertiary/aromatic N) is 5. The molecule has 1 unspecified atom stereocenters. The lowest BCUT2D eigenvalue weighted by atomic mass is 9.83. The van der Waals surface area contributed by atoms with E-state index in [4.69, 9.17) is 4.74 Å². The molecule has 1 aliphatic rings. The second kappa shape index (κ2) is 10.8. The number of benzene rings is 2. The highest BCUT2D eigenvalue weighted by Gasteiger charge is 2.39. The van der Waals surface area contributed by atoms with E-state index >= 15 is 0 Å². The second-order valence-electron chi connectivity index (χ2n) is 10.3. The molecule has 222 valence electrons. The molecule has 1 N–H and O–H groups in total. The second-order valence-corrected chi connectivity index (χ2v) is 10.3. The molecule has 0 radical (unpaired) electrons. The van der Waals surface area contributed by atoms with Gasteiger partial charge in [0.1, 0.15) is 11.2 Å². The van der Waals surface area contributed by atoms with E-state index in [1.807, 2.05) is 36.9 Å². The molecule has 6 rings (SSSR count). The summed E-state index contributed by atoms with van der Waals surface area (Å²) in [5.41, 5.74) is 4.86. The third-order valence-corrected chi connectivity index (χ3v) is 8.07. The van der Waals surface area contributed by atoms with Gasteiger partial charge in [0, 0.05) is 42.0 Å². The summed E-state index contributed by atoms with van der Waals surface area (Å²) in [6.07, 6.45) is -0.516. The summed E-state index contributed by atoms with van der Waals surface area (Å²) in [5.74, 6) is -0.538. The molecular weight excluding hydrogens is 564 g/mol. The predicted octanol–water partition coefficient (Wildman–Crippen LogP) is 6.30. The first-order chi connectivity index (χ1) is 20.7. The number of H-pyrrole nitrogens is 1. The molecular formula is C31H28F4N6O2. The quantitative estimate of drug-likeness (QED) is 0.176. The van der Waals surface area contributed by atoms with Gasteiger partial charge in [-0.1, -0.05) is 32.0 Å². The van der Waals surface area contributed by atoms with Crippen molar-refractivity contribution in [1.82, 2.24) is 24.7 Å². The highest BCUT2D eigenvalue weighted by molar-refractivity contribution is 5.96. The number of alkyl halides is 3. The third kappa shape index (κ3) is 4.61. The van der Waals surface area contributed by atoms with Crippen LogP contribution in [0.25, 0.3) is 22.3 Å². The van der Waals surface area contributed by atoms with Gasteiger partial charge in [0.25, 0.3) is 0 Å². The van der Waals surface area contributed by atoms with Gasteiger partial charge in [-0.2, -0.15) is 18.3 Å². The molecule has 0 fully saturated rings. The highest BCUT2D eigenvalue weighted by atomic mass is 19.4. The minimum atomic E-state index is -4.57. The average Bonchev–Trinajstić information content (AvgIpc) is 3.61. The van der Waals surface area contributed by atoms with Gasteiger partial charge in [-0.25, -0.2) is 14.4 Å². The van der Waals surface area contributed by atoms with Crippen LogP contribution in [0.1, 0.15) is 53.4 Å². The number of aryl methyl sites for hydroxylation is 2. The lowest BCUT2D eigenvalue weighted by Crippen LogP contribution is -2.38. The summed E-state index contributed by atoms with van der Waals surface area (Å²) in [6.45, 7) is 4.49. The van der Waals surface area contributed by atoms with Crippen LogP contribution >= 0.6 is 0 Å². The van der Waals surface area contributed by atoms with Crippen LogP contribution in [0.2, 0.25) is 0 Å². The fourth-order valence-electron chi connectivity index (χ4n) is 6.10. The molecule has 3 aromatic heterocycles. The number of nitrogens with one attached hydrogen (secondary N) is 1. The molecule has 1 aliphatic heterocycles. The maximum absolute atomic E-state index is 14.7.